The minimum absolute atomic E-state index is 0.0875. The van der Waals surface area contributed by atoms with Crippen molar-refractivity contribution in [3.8, 4) is 0 Å². The van der Waals surface area contributed by atoms with Gasteiger partial charge in [0.2, 0.25) is 5.91 Å². The fourth-order valence-electron chi connectivity index (χ4n) is 1.85. The van der Waals surface area contributed by atoms with Gasteiger partial charge in [0.15, 0.2) is 0 Å². The molecule has 0 bridgehead atoms. The van der Waals surface area contributed by atoms with Gasteiger partial charge in [0, 0.05) is 16.7 Å². The first-order valence-electron chi connectivity index (χ1n) is 7.15. The second-order valence-corrected chi connectivity index (χ2v) is 5.99. The maximum atomic E-state index is 11.7. The van der Waals surface area contributed by atoms with Crippen molar-refractivity contribution in [2.45, 2.75) is 13.5 Å². The van der Waals surface area contributed by atoms with Gasteiger partial charge in [-0.1, -0.05) is 45.8 Å². The highest BCUT2D eigenvalue weighted by atomic mass is 79.9. The predicted octanol–water partition coefficient (Wildman–Crippen LogP) is 3.20. The van der Waals surface area contributed by atoms with Crippen molar-refractivity contribution in [3.63, 3.8) is 0 Å². The molecule has 0 aliphatic heterocycles. The van der Waals surface area contributed by atoms with Gasteiger partial charge in [0.1, 0.15) is 0 Å². The summed E-state index contributed by atoms with van der Waals surface area (Å²) in [4.78, 5) is 23.4. The number of amides is 3. The standard InChI is InChI=1S/C17H18BrN3O2/c1-12-2-4-13(5-3-12)10-19-17(23)20-11-16(22)21-15-8-6-14(18)7-9-15/h2-9H,10-11H2,1H3,(H,21,22)(H2,19,20,23). The van der Waals surface area contributed by atoms with Crippen LogP contribution in [-0.2, 0) is 11.3 Å². The molecule has 0 fully saturated rings. The Morgan fingerprint density at radius 3 is 2.26 bits per heavy atom. The number of rotatable bonds is 5. The molecule has 0 aliphatic carbocycles. The van der Waals surface area contributed by atoms with Crippen molar-refractivity contribution < 1.29 is 9.59 Å². The van der Waals surface area contributed by atoms with E-state index in [4.69, 9.17) is 0 Å². The van der Waals surface area contributed by atoms with E-state index in [-0.39, 0.29) is 18.5 Å². The third-order valence-electron chi connectivity index (χ3n) is 3.11. The number of urea groups is 1. The lowest BCUT2D eigenvalue weighted by Gasteiger charge is -2.09. The van der Waals surface area contributed by atoms with Crippen LogP contribution >= 0.6 is 15.9 Å². The molecule has 2 aromatic rings. The van der Waals surface area contributed by atoms with Gasteiger partial charge in [-0.3, -0.25) is 4.79 Å². The van der Waals surface area contributed by atoms with Crippen LogP contribution in [0.5, 0.6) is 0 Å². The van der Waals surface area contributed by atoms with E-state index in [1.807, 2.05) is 43.3 Å². The molecule has 0 aromatic heterocycles. The number of hydrogen-bond acceptors (Lipinski definition) is 2. The van der Waals surface area contributed by atoms with E-state index in [2.05, 4.69) is 31.9 Å². The molecule has 2 rings (SSSR count). The zero-order valence-electron chi connectivity index (χ0n) is 12.7. The lowest BCUT2D eigenvalue weighted by Crippen LogP contribution is -2.39. The highest BCUT2D eigenvalue weighted by Crippen LogP contribution is 2.13. The van der Waals surface area contributed by atoms with Crippen LogP contribution in [0, 0.1) is 6.92 Å². The largest absolute Gasteiger partial charge is 0.334 e. The van der Waals surface area contributed by atoms with Gasteiger partial charge in [-0.15, -0.1) is 0 Å². The first kappa shape index (κ1) is 17.0. The van der Waals surface area contributed by atoms with Gasteiger partial charge in [-0.05, 0) is 36.8 Å². The Balaban J connectivity index is 1.70. The quantitative estimate of drug-likeness (QED) is 0.750. The molecular formula is C17H18BrN3O2. The van der Waals surface area contributed by atoms with Gasteiger partial charge in [-0.25, -0.2) is 4.79 Å². The minimum Gasteiger partial charge on any atom is -0.334 e. The minimum atomic E-state index is -0.378. The summed E-state index contributed by atoms with van der Waals surface area (Å²) in [5.41, 5.74) is 2.85. The van der Waals surface area contributed by atoms with E-state index in [9.17, 15) is 9.59 Å². The molecule has 23 heavy (non-hydrogen) atoms. The Morgan fingerprint density at radius 1 is 0.957 bits per heavy atom. The summed E-state index contributed by atoms with van der Waals surface area (Å²) in [6.45, 7) is 2.34. The summed E-state index contributed by atoms with van der Waals surface area (Å²) in [6, 6.07) is 14.7. The third-order valence-corrected chi connectivity index (χ3v) is 3.64. The van der Waals surface area contributed by atoms with Gasteiger partial charge in [-0.2, -0.15) is 0 Å². The second kappa shape index (κ2) is 8.33. The average molecular weight is 376 g/mol. The summed E-state index contributed by atoms with van der Waals surface area (Å²) >= 11 is 3.32. The monoisotopic (exact) mass is 375 g/mol. The van der Waals surface area contributed by atoms with Crippen LogP contribution in [0.15, 0.2) is 53.0 Å². The number of anilines is 1. The van der Waals surface area contributed by atoms with Crippen LogP contribution in [0.4, 0.5) is 10.5 Å². The Hall–Kier alpha value is -2.34. The zero-order chi connectivity index (χ0) is 16.7. The summed E-state index contributed by atoms with van der Waals surface area (Å²) in [6.07, 6.45) is 0. The van der Waals surface area contributed by atoms with E-state index in [0.717, 1.165) is 10.0 Å². The summed E-state index contributed by atoms with van der Waals surface area (Å²) in [5, 5.41) is 7.94. The fraction of sp³-hybridized carbons (Fsp3) is 0.176. The smallest absolute Gasteiger partial charge is 0.315 e. The van der Waals surface area contributed by atoms with E-state index >= 15 is 0 Å². The van der Waals surface area contributed by atoms with Crippen LogP contribution in [0.1, 0.15) is 11.1 Å². The molecule has 6 heteroatoms. The maximum Gasteiger partial charge on any atom is 0.315 e. The van der Waals surface area contributed by atoms with Gasteiger partial charge < -0.3 is 16.0 Å². The molecular weight excluding hydrogens is 358 g/mol. The number of carbonyl (C=O) groups excluding carboxylic acids is 2. The molecule has 0 saturated heterocycles. The normalized spacial score (nSPS) is 10.0. The van der Waals surface area contributed by atoms with E-state index in [1.165, 1.54) is 5.56 Å². The van der Waals surface area contributed by atoms with Gasteiger partial charge in [0.05, 0.1) is 6.54 Å². The fourth-order valence-corrected chi connectivity index (χ4v) is 2.11. The molecule has 0 unspecified atom stereocenters. The topological polar surface area (TPSA) is 70.2 Å². The highest BCUT2D eigenvalue weighted by molar-refractivity contribution is 9.10. The second-order valence-electron chi connectivity index (χ2n) is 5.08. The highest BCUT2D eigenvalue weighted by Gasteiger charge is 2.05. The number of aryl methyl sites for hydroxylation is 1. The van der Waals surface area contributed by atoms with E-state index < -0.39 is 0 Å². The number of nitrogens with one attached hydrogen (secondary N) is 3. The molecule has 2 aromatic carbocycles. The molecule has 0 heterocycles. The Morgan fingerprint density at radius 2 is 1.61 bits per heavy atom. The number of halogens is 1. The van der Waals surface area contributed by atoms with Crippen molar-refractivity contribution in [3.05, 3.63) is 64.1 Å². The lowest BCUT2D eigenvalue weighted by atomic mass is 10.1. The van der Waals surface area contributed by atoms with E-state index in [1.54, 1.807) is 12.1 Å². The van der Waals surface area contributed by atoms with Crippen molar-refractivity contribution in [1.82, 2.24) is 10.6 Å². The molecule has 0 spiro atoms. The van der Waals surface area contributed by atoms with Crippen LogP contribution in [0.25, 0.3) is 0 Å². The molecule has 5 nitrogen and oxygen atoms in total. The Bertz CT molecular complexity index is 669. The molecule has 0 atom stereocenters. The maximum absolute atomic E-state index is 11.7. The van der Waals surface area contributed by atoms with Crippen LogP contribution in [-0.4, -0.2) is 18.5 Å². The molecule has 0 radical (unpaired) electrons. The van der Waals surface area contributed by atoms with Crippen molar-refractivity contribution in [1.29, 1.82) is 0 Å². The van der Waals surface area contributed by atoms with Crippen molar-refractivity contribution in [2.24, 2.45) is 0 Å². The molecule has 3 amide bonds. The summed E-state index contributed by atoms with van der Waals surface area (Å²) < 4.78 is 0.934. The van der Waals surface area contributed by atoms with Crippen LogP contribution < -0.4 is 16.0 Å². The average Bonchev–Trinajstić information content (AvgIpc) is 2.54. The van der Waals surface area contributed by atoms with Gasteiger partial charge in [0.25, 0.3) is 0 Å². The third kappa shape index (κ3) is 6.12. The first-order chi connectivity index (χ1) is 11.0. The first-order valence-corrected chi connectivity index (χ1v) is 7.95. The summed E-state index contributed by atoms with van der Waals surface area (Å²) in [5.74, 6) is -0.280. The van der Waals surface area contributed by atoms with Crippen molar-refractivity contribution in [2.75, 3.05) is 11.9 Å². The van der Waals surface area contributed by atoms with Gasteiger partial charge >= 0.3 is 6.03 Å². The predicted molar refractivity (Wildman–Crippen MR) is 94.2 cm³/mol. The lowest BCUT2D eigenvalue weighted by molar-refractivity contribution is -0.115. The molecule has 3 N–H and O–H groups in total. The SMILES string of the molecule is Cc1ccc(CNC(=O)NCC(=O)Nc2ccc(Br)cc2)cc1. The van der Waals surface area contributed by atoms with E-state index in [0.29, 0.717) is 12.2 Å². The number of hydrogen-bond donors (Lipinski definition) is 3. The van der Waals surface area contributed by atoms with Crippen LogP contribution in [0.2, 0.25) is 0 Å². The molecule has 0 saturated carbocycles. The Kier molecular flexibility index (Phi) is 6.17. The van der Waals surface area contributed by atoms with Crippen LogP contribution in [0.3, 0.4) is 0 Å². The molecule has 0 aliphatic rings. The Labute approximate surface area is 143 Å². The molecule has 120 valence electrons. The number of benzene rings is 2. The number of carbonyl (C=O) groups is 2. The summed E-state index contributed by atoms with van der Waals surface area (Å²) in [7, 11) is 0. The zero-order valence-corrected chi connectivity index (χ0v) is 14.3. The van der Waals surface area contributed by atoms with Crippen molar-refractivity contribution >= 4 is 33.6 Å².